The molecule has 1 fully saturated rings. The summed E-state index contributed by atoms with van der Waals surface area (Å²) in [6.45, 7) is 0.845. The lowest BCUT2D eigenvalue weighted by atomic mass is 9.94. The molecule has 4 heterocycles. The summed E-state index contributed by atoms with van der Waals surface area (Å²) in [5.41, 5.74) is 3.20. The predicted octanol–water partition coefficient (Wildman–Crippen LogP) is 2.79. The molecule has 0 saturated carbocycles. The number of pyridine rings is 2. The van der Waals surface area contributed by atoms with Crippen molar-refractivity contribution < 1.29 is 9.90 Å². The first-order valence-corrected chi connectivity index (χ1v) is 9.43. The van der Waals surface area contributed by atoms with Crippen molar-refractivity contribution in [1.82, 2.24) is 19.9 Å². The Bertz CT molecular complexity index is 1160. The van der Waals surface area contributed by atoms with Gasteiger partial charge in [0, 0.05) is 42.2 Å². The number of β-amino-alcohol motifs (C(OH)–C–C–N with tert-alkyl or cyclic N) is 1. The van der Waals surface area contributed by atoms with Crippen LogP contribution < -0.4 is 0 Å². The number of hydrogen-bond acceptors (Lipinski definition) is 4. The van der Waals surface area contributed by atoms with E-state index in [0.29, 0.717) is 30.9 Å². The van der Waals surface area contributed by atoms with E-state index in [0.717, 1.165) is 21.9 Å². The summed E-state index contributed by atoms with van der Waals surface area (Å²) >= 11 is 0. The molecule has 3 aromatic heterocycles. The Morgan fingerprint density at radius 3 is 2.96 bits per heavy atom. The maximum absolute atomic E-state index is 12.9. The Hall–Kier alpha value is -3.25. The molecule has 1 amide bonds. The van der Waals surface area contributed by atoms with E-state index in [1.165, 1.54) is 0 Å². The van der Waals surface area contributed by atoms with Crippen molar-refractivity contribution in [2.75, 3.05) is 13.1 Å². The molecule has 1 aromatic carbocycles. The van der Waals surface area contributed by atoms with Gasteiger partial charge in [0.25, 0.3) is 5.91 Å². The zero-order valence-electron chi connectivity index (χ0n) is 15.2. The Labute approximate surface area is 161 Å². The Balaban J connectivity index is 1.36. The van der Waals surface area contributed by atoms with Gasteiger partial charge in [-0.2, -0.15) is 0 Å². The molecule has 0 unspecified atom stereocenters. The lowest BCUT2D eigenvalue weighted by molar-refractivity contribution is 0.0759. The summed E-state index contributed by atoms with van der Waals surface area (Å²) in [6, 6.07) is 15.6. The highest BCUT2D eigenvalue weighted by Gasteiger charge is 2.35. The van der Waals surface area contributed by atoms with Gasteiger partial charge in [0.15, 0.2) is 0 Å². The number of fused-ring (bicyclic) bond motifs is 2. The minimum absolute atomic E-state index is 0.0102. The first-order chi connectivity index (χ1) is 13.7. The van der Waals surface area contributed by atoms with Crippen molar-refractivity contribution in [3.63, 3.8) is 0 Å². The van der Waals surface area contributed by atoms with Gasteiger partial charge in [-0.1, -0.05) is 18.2 Å². The highest BCUT2D eigenvalue weighted by molar-refractivity contribution is 5.94. The number of aliphatic hydroxyl groups is 1. The smallest absolute Gasteiger partial charge is 0.272 e. The van der Waals surface area contributed by atoms with Gasteiger partial charge in [-0.3, -0.25) is 9.78 Å². The number of aliphatic hydroxyl groups excluding tert-OH is 1. The number of nitrogens with zero attached hydrogens (tertiary/aromatic N) is 3. The van der Waals surface area contributed by atoms with Crippen molar-refractivity contribution in [2.24, 2.45) is 5.92 Å². The molecule has 2 N–H and O–H groups in total. The highest BCUT2D eigenvalue weighted by atomic mass is 16.3. The van der Waals surface area contributed by atoms with Gasteiger partial charge in [-0.15, -0.1) is 0 Å². The second-order valence-corrected chi connectivity index (χ2v) is 7.34. The molecule has 4 aromatic rings. The fraction of sp³-hybridized carbons (Fsp3) is 0.227. The number of amides is 1. The van der Waals surface area contributed by atoms with E-state index in [2.05, 4.69) is 21.0 Å². The summed E-state index contributed by atoms with van der Waals surface area (Å²) < 4.78 is 0. The van der Waals surface area contributed by atoms with Gasteiger partial charge in [-0.05, 0) is 42.3 Å². The number of hydrogen-bond donors (Lipinski definition) is 2. The van der Waals surface area contributed by atoms with E-state index in [1.54, 1.807) is 23.4 Å². The van der Waals surface area contributed by atoms with Crippen LogP contribution in [0.3, 0.4) is 0 Å². The van der Waals surface area contributed by atoms with E-state index in [1.807, 2.05) is 36.4 Å². The summed E-state index contributed by atoms with van der Waals surface area (Å²) in [7, 11) is 0. The molecule has 140 valence electrons. The van der Waals surface area contributed by atoms with Gasteiger partial charge < -0.3 is 15.0 Å². The van der Waals surface area contributed by atoms with Crippen LogP contribution in [0.1, 0.15) is 16.1 Å². The highest BCUT2D eigenvalue weighted by Crippen LogP contribution is 2.26. The van der Waals surface area contributed by atoms with Crippen LogP contribution in [-0.2, 0) is 6.42 Å². The minimum Gasteiger partial charge on any atom is -0.391 e. The van der Waals surface area contributed by atoms with Crippen molar-refractivity contribution in [2.45, 2.75) is 12.5 Å². The van der Waals surface area contributed by atoms with Gasteiger partial charge in [0.1, 0.15) is 11.3 Å². The van der Waals surface area contributed by atoms with Crippen LogP contribution in [0.25, 0.3) is 21.9 Å². The van der Waals surface area contributed by atoms with Crippen LogP contribution in [-0.4, -0.2) is 50.1 Å². The Morgan fingerprint density at radius 1 is 1.14 bits per heavy atom. The number of aromatic nitrogens is 3. The fourth-order valence-corrected chi connectivity index (χ4v) is 4.05. The van der Waals surface area contributed by atoms with Crippen molar-refractivity contribution in [1.29, 1.82) is 0 Å². The molecule has 0 spiro atoms. The third kappa shape index (κ3) is 2.92. The summed E-state index contributed by atoms with van der Waals surface area (Å²) in [4.78, 5) is 26.5. The molecule has 28 heavy (non-hydrogen) atoms. The molecule has 6 nitrogen and oxygen atoms in total. The first-order valence-electron chi connectivity index (χ1n) is 9.43. The van der Waals surface area contributed by atoms with Crippen LogP contribution in [0.2, 0.25) is 0 Å². The molecule has 0 radical (unpaired) electrons. The standard InChI is InChI=1S/C22H20N4O2/c27-20-13-26(22(28)19-6-5-14-7-10-24-21(14)25-19)12-16(20)11-15-8-9-23-18-4-2-1-3-17(15)18/h1-10,16,20,27H,11-13H2,(H,24,25)/t16-,20+/m1/s1. The summed E-state index contributed by atoms with van der Waals surface area (Å²) in [5, 5.41) is 12.7. The van der Waals surface area contributed by atoms with E-state index in [-0.39, 0.29) is 11.8 Å². The SMILES string of the molecule is O=C(c1ccc2cc[nH]c2n1)N1C[C@@H](Cc2ccnc3ccccc23)[C@@H](O)C1. The number of para-hydroxylation sites is 1. The van der Waals surface area contributed by atoms with E-state index < -0.39 is 6.10 Å². The summed E-state index contributed by atoms with van der Waals surface area (Å²) in [5.74, 6) is -0.151. The number of rotatable bonds is 3. The molecule has 1 saturated heterocycles. The fourth-order valence-electron chi connectivity index (χ4n) is 4.05. The molecule has 1 aliphatic heterocycles. The van der Waals surface area contributed by atoms with Crippen LogP contribution in [0.15, 0.2) is 60.9 Å². The molecular formula is C22H20N4O2. The third-order valence-corrected chi connectivity index (χ3v) is 5.54. The van der Waals surface area contributed by atoms with Crippen molar-refractivity contribution in [3.05, 3.63) is 72.2 Å². The molecule has 6 heteroatoms. The maximum atomic E-state index is 12.9. The monoisotopic (exact) mass is 372 g/mol. The Morgan fingerprint density at radius 2 is 2.04 bits per heavy atom. The van der Waals surface area contributed by atoms with Crippen LogP contribution in [0.4, 0.5) is 0 Å². The first kappa shape index (κ1) is 16.9. The van der Waals surface area contributed by atoms with Crippen LogP contribution in [0.5, 0.6) is 0 Å². The lowest BCUT2D eigenvalue weighted by Crippen LogP contribution is -2.30. The normalized spacial score (nSPS) is 19.5. The van der Waals surface area contributed by atoms with E-state index in [9.17, 15) is 9.90 Å². The number of aromatic amines is 1. The van der Waals surface area contributed by atoms with Gasteiger partial charge >= 0.3 is 0 Å². The molecule has 2 atom stereocenters. The topological polar surface area (TPSA) is 82.1 Å². The number of H-pyrrole nitrogens is 1. The molecule has 5 rings (SSSR count). The third-order valence-electron chi connectivity index (χ3n) is 5.54. The van der Waals surface area contributed by atoms with Crippen LogP contribution >= 0.6 is 0 Å². The average molecular weight is 372 g/mol. The van der Waals surface area contributed by atoms with Gasteiger partial charge in [-0.25, -0.2) is 4.98 Å². The largest absolute Gasteiger partial charge is 0.391 e. The van der Waals surface area contributed by atoms with Crippen molar-refractivity contribution in [3.8, 4) is 0 Å². The second kappa shape index (κ2) is 6.73. The predicted molar refractivity (Wildman–Crippen MR) is 107 cm³/mol. The summed E-state index contributed by atoms with van der Waals surface area (Å²) in [6.07, 6.45) is 3.76. The number of benzene rings is 1. The van der Waals surface area contributed by atoms with Crippen LogP contribution in [0, 0.1) is 5.92 Å². The van der Waals surface area contributed by atoms with E-state index in [4.69, 9.17) is 0 Å². The lowest BCUT2D eigenvalue weighted by Gasteiger charge is -2.16. The second-order valence-electron chi connectivity index (χ2n) is 7.34. The van der Waals surface area contributed by atoms with Gasteiger partial charge in [0.2, 0.25) is 0 Å². The van der Waals surface area contributed by atoms with Gasteiger partial charge in [0.05, 0.1) is 11.6 Å². The maximum Gasteiger partial charge on any atom is 0.272 e. The molecule has 0 aliphatic carbocycles. The zero-order chi connectivity index (χ0) is 19.1. The number of carbonyl (C=O) groups excluding carboxylic acids is 1. The van der Waals surface area contributed by atoms with E-state index >= 15 is 0 Å². The number of nitrogens with one attached hydrogen (secondary N) is 1. The Kier molecular flexibility index (Phi) is 4.06. The number of likely N-dealkylation sites (tertiary alicyclic amines) is 1. The minimum atomic E-state index is -0.551. The quantitative estimate of drug-likeness (QED) is 0.579. The zero-order valence-corrected chi connectivity index (χ0v) is 15.2. The molecule has 0 bridgehead atoms. The molecule has 1 aliphatic rings. The average Bonchev–Trinajstić information content (AvgIpc) is 3.34. The molecular weight excluding hydrogens is 352 g/mol. The van der Waals surface area contributed by atoms with Crippen molar-refractivity contribution >= 4 is 27.8 Å². The number of carbonyl (C=O) groups is 1.